The molecule has 0 bridgehead atoms. The number of aromatic amines is 1. The molecule has 2 aromatic heterocycles. The zero-order chi connectivity index (χ0) is 17.7. The van der Waals surface area contributed by atoms with E-state index in [4.69, 9.17) is 14.3 Å². The van der Waals surface area contributed by atoms with Crippen LogP contribution in [-0.4, -0.2) is 16.1 Å². The highest BCUT2D eigenvalue weighted by atomic mass is 16.5. The second kappa shape index (κ2) is 5.39. The number of hydrogen-bond acceptors (Lipinski definition) is 3. The Balaban J connectivity index is 1.54. The van der Waals surface area contributed by atoms with Gasteiger partial charge < -0.3 is 19.2 Å². The van der Waals surface area contributed by atoms with Gasteiger partial charge in [-0.3, -0.25) is 0 Å². The molecule has 0 radical (unpaired) electrons. The molecule has 26 heavy (non-hydrogen) atoms. The SMILES string of the molecule is O=C(O)c1cc2ccc(Oc3ccc4[nH]c5ccccc5c4c3)cc2o1. The van der Waals surface area contributed by atoms with Crippen molar-refractivity contribution in [2.24, 2.45) is 0 Å². The molecule has 2 N–H and O–H groups in total. The molecule has 5 aromatic rings. The molecule has 0 atom stereocenters. The molecule has 0 saturated carbocycles. The lowest BCUT2D eigenvalue weighted by molar-refractivity contribution is 0.0665. The molecule has 0 aliphatic rings. The lowest BCUT2D eigenvalue weighted by Crippen LogP contribution is -1.91. The monoisotopic (exact) mass is 343 g/mol. The van der Waals surface area contributed by atoms with Crippen LogP contribution >= 0.6 is 0 Å². The second-order valence-electron chi connectivity index (χ2n) is 6.10. The van der Waals surface area contributed by atoms with Crippen molar-refractivity contribution in [3.8, 4) is 11.5 Å². The Kier molecular flexibility index (Phi) is 3.03. The van der Waals surface area contributed by atoms with Gasteiger partial charge in [0.2, 0.25) is 5.76 Å². The first-order valence-electron chi connectivity index (χ1n) is 8.12. The summed E-state index contributed by atoms with van der Waals surface area (Å²) in [5.41, 5.74) is 2.61. The highest BCUT2D eigenvalue weighted by molar-refractivity contribution is 6.07. The molecular weight excluding hydrogens is 330 g/mol. The summed E-state index contributed by atoms with van der Waals surface area (Å²) in [6.45, 7) is 0. The van der Waals surface area contributed by atoms with Crippen LogP contribution in [0.4, 0.5) is 0 Å². The first-order chi connectivity index (χ1) is 12.7. The maximum atomic E-state index is 11.0. The number of ether oxygens (including phenoxy) is 1. The highest BCUT2D eigenvalue weighted by Gasteiger charge is 2.11. The Hall–Kier alpha value is -3.73. The molecule has 0 aliphatic carbocycles. The largest absolute Gasteiger partial charge is 0.475 e. The Morgan fingerprint density at radius 1 is 0.885 bits per heavy atom. The van der Waals surface area contributed by atoms with Crippen LogP contribution < -0.4 is 4.74 Å². The molecule has 0 fully saturated rings. The standard InChI is InChI=1S/C21H13NO4/c23-21(24)20-9-12-5-6-14(11-19(12)26-20)25-13-7-8-18-16(10-13)15-3-1-2-4-17(15)22-18/h1-11,22H,(H,23,24). The van der Waals surface area contributed by atoms with Crippen LogP contribution in [0.1, 0.15) is 10.6 Å². The van der Waals surface area contributed by atoms with E-state index in [1.807, 2.05) is 36.4 Å². The maximum Gasteiger partial charge on any atom is 0.371 e. The van der Waals surface area contributed by atoms with E-state index in [1.165, 1.54) is 6.07 Å². The minimum atomic E-state index is -1.09. The number of aromatic nitrogens is 1. The molecule has 2 heterocycles. The summed E-state index contributed by atoms with van der Waals surface area (Å²) in [6, 6.07) is 20.8. The van der Waals surface area contributed by atoms with Crippen LogP contribution in [0.25, 0.3) is 32.8 Å². The van der Waals surface area contributed by atoms with Crippen molar-refractivity contribution in [1.29, 1.82) is 0 Å². The van der Waals surface area contributed by atoms with E-state index in [0.717, 1.165) is 27.2 Å². The van der Waals surface area contributed by atoms with Gasteiger partial charge >= 0.3 is 5.97 Å². The van der Waals surface area contributed by atoms with Gasteiger partial charge in [0.15, 0.2) is 0 Å². The molecule has 0 unspecified atom stereocenters. The third kappa shape index (κ3) is 2.29. The van der Waals surface area contributed by atoms with Gasteiger partial charge in [0.25, 0.3) is 0 Å². The molecule has 0 aliphatic heterocycles. The highest BCUT2D eigenvalue weighted by Crippen LogP contribution is 2.32. The predicted molar refractivity (Wildman–Crippen MR) is 99.1 cm³/mol. The van der Waals surface area contributed by atoms with Gasteiger partial charge in [-0.2, -0.15) is 0 Å². The Morgan fingerprint density at radius 3 is 2.54 bits per heavy atom. The number of carboxylic acid groups (broad SMARTS) is 1. The summed E-state index contributed by atoms with van der Waals surface area (Å²) >= 11 is 0. The average Bonchev–Trinajstić information content (AvgIpc) is 3.22. The first kappa shape index (κ1) is 14.6. The van der Waals surface area contributed by atoms with Gasteiger partial charge in [-0.15, -0.1) is 0 Å². The second-order valence-corrected chi connectivity index (χ2v) is 6.10. The summed E-state index contributed by atoms with van der Waals surface area (Å²) in [5.74, 6) is 0.111. The number of para-hydroxylation sites is 1. The van der Waals surface area contributed by atoms with Gasteiger partial charge in [-0.25, -0.2) is 4.79 Å². The topological polar surface area (TPSA) is 75.5 Å². The lowest BCUT2D eigenvalue weighted by atomic mass is 10.1. The molecule has 5 heteroatoms. The number of carboxylic acids is 1. The number of H-pyrrole nitrogens is 1. The molecule has 5 rings (SSSR count). The number of benzene rings is 3. The van der Waals surface area contributed by atoms with Crippen LogP contribution in [0.2, 0.25) is 0 Å². The fourth-order valence-corrected chi connectivity index (χ4v) is 3.21. The van der Waals surface area contributed by atoms with Crippen LogP contribution in [-0.2, 0) is 0 Å². The number of carbonyl (C=O) groups is 1. The van der Waals surface area contributed by atoms with E-state index in [1.54, 1.807) is 18.2 Å². The third-order valence-electron chi connectivity index (χ3n) is 4.42. The van der Waals surface area contributed by atoms with E-state index in [-0.39, 0.29) is 5.76 Å². The zero-order valence-corrected chi connectivity index (χ0v) is 13.5. The van der Waals surface area contributed by atoms with Crippen LogP contribution in [0, 0.1) is 0 Å². The third-order valence-corrected chi connectivity index (χ3v) is 4.42. The summed E-state index contributed by atoms with van der Waals surface area (Å²) in [5, 5.41) is 12.0. The minimum Gasteiger partial charge on any atom is -0.475 e. The smallest absolute Gasteiger partial charge is 0.371 e. The first-order valence-corrected chi connectivity index (χ1v) is 8.12. The van der Waals surface area contributed by atoms with Crippen molar-refractivity contribution in [3.05, 3.63) is 72.5 Å². The quantitative estimate of drug-likeness (QED) is 0.450. The van der Waals surface area contributed by atoms with Crippen LogP contribution in [0.5, 0.6) is 11.5 Å². The molecule has 0 amide bonds. The summed E-state index contributed by atoms with van der Waals surface area (Å²) in [6.07, 6.45) is 0. The fraction of sp³-hybridized carbons (Fsp3) is 0. The van der Waals surface area contributed by atoms with E-state index >= 15 is 0 Å². The molecule has 5 nitrogen and oxygen atoms in total. The summed E-state index contributed by atoms with van der Waals surface area (Å²) in [4.78, 5) is 14.4. The molecule has 3 aromatic carbocycles. The van der Waals surface area contributed by atoms with E-state index in [9.17, 15) is 4.79 Å². The Bertz CT molecular complexity index is 1300. The molecule has 0 saturated heterocycles. The van der Waals surface area contributed by atoms with E-state index < -0.39 is 5.97 Å². The number of hydrogen-bond donors (Lipinski definition) is 2. The number of fused-ring (bicyclic) bond motifs is 4. The molecular formula is C21H13NO4. The average molecular weight is 343 g/mol. The van der Waals surface area contributed by atoms with E-state index in [0.29, 0.717) is 17.1 Å². The fourth-order valence-electron chi connectivity index (χ4n) is 3.21. The number of furan rings is 1. The van der Waals surface area contributed by atoms with Crippen molar-refractivity contribution in [2.45, 2.75) is 0 Å². The zero-order valence-electron chi connectivity index (χ0n) is 13.5. The van der Waals surface area contributed by atoms with Crippen molar-refractivity contribution in [1.82, 2.24) is 4.98 Å². The van der Waals surface area contributed by atoms with Crippen molar-refractivity contribution in [2.75, 3.05) is 0 Å². The van der Waals surface area contributed by atoms with Crippen LogP contribution in [0.3, 0.4) is 0 Å². The van der Waals surface area contributed by atoms with Gasteiger partial charge in [-0.1, -0.05) is 18.2 Å². The Labute approximate surface area is 147 Å². The van der Waals surface area contributed by atoms with Crippen LogP contribution in [0.15, 0.2) is 71.1 Å². The summed E-state index contributed by atoms with van der Waals surface area (Å²) in [7, 11) is 0. The van der Waals surface area contributed by atoms with Gasteiger partial charge in [-0.05, 0) is 42.5 Å². The lowest BCUT2D eigenvalue weighted by Gasteiger charge is -2.05. The number of rotatable bonds is 3. The molecule has 126 valence electrons. The van der Waals surface area contributed by atoms with Gasteiger partial charge in [0, 0.05) is 33.3 Å². The minimum absolute atomic E-state index is 0.0858. The van der Waals surface area contributed by atoms with Crippen molar-refractivity contribution >= 4 is 38.7 Å². The van der Waals surface area contributed by atoms with Crippen molar-refractivity contribution < 1.29 is 19.1 Å². The van der Waals surface area contributed by atoms with Gasteiger partial charge in [0.1, 0.15) is 17.1 Å². The van der Waals surface area contributed by atoms with Crippen molar-refractivity contribution in [3.63, 3.8) is 0 Å². The number of nitrogens with one attached hydrogen (secondary N) is 1. The normalized spacial score (nSPS) is 11.4. The van der Waals surface area contributed by atoms with Gasteiger partial charge in [0.05, 0.1) is 0 Å². The Morgan fingerprint density at radius 2 is 1.65 bits per heavy atom. The maximum absolute atomic E-state index is 11.0. The van der Waals surface area contributed by atoms with E-state index in [2.05, 4.69) is 11.1 Å². The predicted octanol–water partition coefficient (Wildman–Crippen LogP) is 5.56. The number of aromatic carboxylic acids is 1. The summed E-state index contributed by atoms with van der Waals surface area (Å²) < 4.78 is 11.3. The molecule has 0 spiro atoms.